The lowest BCUT2D eigenvalue weighted by molar-refractivity contribution is -0.00619. The zero-order chi connectivity index (χ0) is 12.4. The van der Waals surface area contributed by atoms with Gasteiger partial charge in [0.15, 0.2) is 5.13 Å². The standard InChI is InChI=1S/C13H16N2O2S/c1-16-13(6-7-17-9-13)8-14-12-15-10-4-2-3-5-11(10)18-12/h2-5H,6-9H2,1H3,(H,14,15). The van der Waals surface area contributed by atoms with Crippen LogP contribution >= 0.6 is 11.3 Å². The Kier molecular flexibility index (Phi) is 3.20. The number of hydrogen-bond donors (Lipinski definition) is 1. The van der Waals surface area contributed by atoms with E-state index in [0.717, 1.165) is 30.2 Å². The molecule has 0 saturated carbocycles. The summed E-state index contributed by atoms with van der Waals surface area (Å²) in [6.45, 7) is 2.17. The molecule has 1 fully saturated rings. The lowest BCUT2D eigenvalue weighted by Crippen LogP contribution is -2.39. The number of aromatic nitrogens is 1. The molecule has 1 atom stereocenters. The number of anilines is 1. The first-order valence-corrected chi connectivity index (χ1v) is 6.85. The Morgan fingerprint density at radius 2 is 2.39 bits per heavy atom. The van der Waals surface area contributed by atoms with Crippen molar-refractivity contribution in [3.05, 3.63) is 24.3 Å². The third-order valence-electron chi connectivity index (χ3n) is 3.36. The molecule has 0 spiro atoms. The van der Waals surface area contributed by atoms with Crippen LogP contribution in [0.5, 0.6) is 0 Å². The lowest BCUT2D eigenvalue weighted by Gasteiger charge is -2.25. The lowest BCUT2D eigenvalue weighted by atomic mass is 10.0. The van der Waals surface area contributed by atoms with Crippen molar-refractivity contribution in [1.82, 2.24) is 4.98 Å². The smallest absolute Gasteiger partial charge is 0.183 e. The van der Waals surface area contributed by atoms with Gasteiger partial charge in [-0.1, -0.05) is 23.5 Å². The maximum Gasteiger partial charge on any atom is 0.183 e. The van der Waals surface area contributed by atoms with Crippen LogP contribution in [0.3, 0.4) is 0 Å². The maximum atomic E-state index is 5.58. The number of nitrogens with one attached hydrogen (secondary N) is 1. The summed E-state index contributed by atoms with van der Waals surface area (Å²) in [5.41, 5.74) is 0.844. The molecule has 1 unspecified atom stereocenters. The molecule has 4 nitrogen and oxygen atoms in total. The van der Waals surface area contributed by atoms with Crippen LogP contribution in [0.15, 0.2) is 24.3 Å². The quantitative estimate of drug-likeness (QED) is 0.921. The summed E-state index contributed by atoms with van der Waals surface area (Å²) in [6, 6.07) is 8.16. The molecule has 1 aromatic heterocycles. The summed E-state index contributed by atoms with van der Waals surface area (Å²) in [7, 11) is 1.74. The van der Waals surface area contributed by atoms with Gasteiger partial charge in [-0.3, -0.25) is 0 Å². The number of methoxy groups -OCH3 is 1. The van der Waals surface area contributed by atoms with Gasteiger partial charge in [-0.2, -0.15) is 0 Å². The predicted molar refractivity (Wildman–Crippen MR) is 73.3 cm³/mol. The summed E-state index contributed by atoms with van der Waals surface area (Å²) in [5, 5.41) is 4.31. The molecule has 2 aromatic rings. The Morgan fingerprint density at radius 1 is 1.50 bits per heavy atom. The van der Waals surface area contributed by atoms with E-state index in [1.54, 1.807) is 18.4 Å². The molecule has 1 saturated heterocycles. The summed E-state index contributed by atoms with van der Waals surface area (Å²) >= 11 is 1.67. The zero-order valence-corrected chi connectivity index (χ0v) is 11.1. The minimum absolute atomic E-state index is 0.197. The highest BCUT2D eigenvalue weighted by molar-refractivity contribution is 7.22. The van der Waals surface area contributed by atoms with Crippen LogP contribution in [0.4, 0.5) is 5.13 Å². The van der Waals surface area contributed by atoms with Gasteiger partial charge in [-0.15, -0.1) is 0 Å². The average molecular weight is 264 g/mol. The van der Waals surface area contributed by atoms with E-state index in [2.05, 4.69) is 16.4 Å². The monoisotopic (exact) mass is 264 g/mol. The van der Waals surface area contributed by atoms with E-state index in [0.29, 0.717) is 6.61 Å². The number of benzene rings is 1. The van der Waals surface area contributed by atoms with E-state index >= 15 is 0 Å². The van der Waals surface area contributed by atoms with E-state index < -0.39 is 0 Å². The Labute approximate surface area is 110 Å². The maximum absolute atomic E-state index is 5.58. The first kappa shape index (κ1) is 11.9. The van der Waals surface area contributed by atoms with Gasteiger partial charge in [-0.05, 0) is 12.1 Å². The third-order valence-corrected chi connectivity index (χ3v) is 4.35. The minimum Gasteiger partial charge on any atom is -0.378 e. The van der Waals surface area contributed by atoms with E-state index in [-0.39, 0.29) is 5.60 Å². The molecule has 5 heteroatoms. The molecule has 0 amide bonds. The van der Waals surface area contributed by atoms with Gasteiger partial charge in [0.1, 0.15) is 5.60 Å². The predicted octanol–water partition coefficient (Wildman–Crippen LogP) is 2.51. The molecule has 3 rings (SSSR count). The van der Waals surface area contributed by atoms with E-state index in [4.69, 9.17) is 9.47 Å². The first-order chi connectivity index (χ1) is 8.81. The molecule has 2 heterocycles. The normalized spacial score (nSPS) is 23.6. The summed E-state index contributed by atoms with van der Waals surface area (Å²) in [6.07, 6.45) is 0.932. The van der Waals surface area contributed by atoms with Gasteiger partial charge in [0.05, 0.1) is 16.8 Å². The average Bonchev–Trinajstić information content (AvgIpc) is 3.03. The number of ether oxygens (including phenoxy) is 2. The molecule has 1 aromatic carbocycles. The highest BCUT2D eigenvalue weighted by Crippen LogP contribution is 2.28. The van der Waals surface area contributed by atoms with Crippen molar-refractivity contribution in [3.8, 4) is 0 Å². The molecule has 0 radical (unpaired) electrons. The summed E-state index contributed by atoms with van der Waals surface area (Å²) in [4.78, 5) is 4.55. The largest absolute Gasteiger partial charge is 0.378 e. The Balaban J connectivity index is 1.72. The van der Waals surface area contributed by atoms with Gasteiger partial charge in [0.25, 0.3) is 0 Å². The van der Waals surface area contributed by atoms with Crippen LogP contribution in [0.25, 0.3) is 10.2 Å². The van der Waals surface area contributed by atoms with Crippen molar-refractivity contribution in [3.63, 3.8) is 0 Å². The van der Waals surface area contributed by atoms with Gasteiger partial charge < -0.3 is 14.8 Å². The molecule has 18 heavy (non-hydrogen) atoms. The van der Waals surface area contributed by atoms with Crippen LogP contribution in [-0.4, -0.2) is 37.5 Å². The highest BCUT2D eigenvalue weighted by atomic mass is 32.1. The van der Waals surface area contributed by atoms with E-state index in [1.165, 1.54) is 4.70 Å². The van der Waals surface area contributed by atoms with Crippen molar-refractivity contribution in [2.45, 2.75) is 12.0 Å². The second-order valence-corrected chi connectivity index (χ2v) is 5.56. The fraction of sp³-hybridized carbons (Fsp3) is 0.462. The minimum atomic E-state index is -0.197. The number of rotatable bonds is 4. The number of hydrogen-bond acceptors (Lipinski definition) is 5. The Morgan fingerprint density at radius 3 is 3.11 bits per heavy atom. The highest BCUT2D eigenvalue weighted by Gasteiger charge is 2.34. The Bertz CT molecular complexity index is 502. The number of fused-ring (bicyclic) bond motifs is 1. The SMILES string of the molecule is COC1(CNc2nc3ccccc3s2)CCOC1. The van der Waals surface area contributed by atoms with Gasteiger partial charge >= 0.3 is 0 Å². The van der Waals surface area contributed by atoms with Crippen molar-refractivity contribution in [2.24, 2.45) is 0 Å². The summed E-state index contributed by atoms with van der Waals surface area (Å²) in [5.74, 6) is 0. The van der Waals surface area contributed by atoms with Crippen molar-refractivity contribution >= 4 is 26.7 Å². The first-order valence-electron chi connectivity index (χ1n) is 6.04. The topological polar surface area (TPSA) is 43.4 Å². The van der Waals surface area contributed by atoms with Crippen LogP contribution in [-0.2, 0) is 9.47 Å². The molecule has 0 bridgehead atoms. The molecule has 0 aliphatic carbocycles. The molecule has 1 aliphatic rings. The van der Waals surface area contributed by atoms with Crippen LogP contribution in [0.1, 0.15) is 6.42 Å². The molecular weight excluding hydrogens is 248 g/mol. The Hall–Kier alpha value is -1.17. The number of para-hydroxylation sites is 1. The molecule has 1 N–H and O–H groups in total. The zero-order valence-electron chi connectivity index (χ0n) is 10.3. The van der Waals surface area contributed by atoms with Crippen LogP contribution < -0.4 is 5.32 Å². The van der Waals surface area contributed by atoms with Crippen LogP contribution in [0, 0.1) is 0 Å². The number of thiazole rings is 1. The molecule has 1 aliphatic heterocycles. The third kappa shape index (κ3) is 2.21. The van der Waals surface area contributed by atoms with Crippen molar-refractivity contribution < 1.29 is 9.47 Å². The fourth-order valence-corrected chi connectivity index (χ4v) is 3.01. The van der Waals surface area contributed by atoms with Gasteiger partial charge in [0, 0.05) is 26.7 Å². The second kappa shape index (κ2) is 4.84. The van der Waals surface area contributed by atoms with E-state index in [9.17, 15) is 0 Å². The van der Waals surface area contributed by atoms with Crippen molar-refractivity contribution in [1.29, 1.82) is 0 Å². The molecule has 96 valence electrons. The van der Waals surface area contributed by atoms with Crippen molar-refractivity contribution in [2.75, 3.05) is 32.2 Å². The fourth-order valence-electron chi connectivity index (χ4n) is 2.15. The van der Waals surface area contributed by atoms with Crippen LogP contribution in [0.2, 0.25) is 0 Å². The van der Waals surface area contributed by atoms with E-state index in [1.807, 2.05) is 18.2 Å². The van der Waals surface area contributed by atoms with Gasteiger partial charge in [0.2, 0.25) is 0 Å². The van der Waals surface area contributed by atoms with Gasteiger partial charge in [-0.25, -0.2) is 4.98 Å². The second-order valence-electron chi connectivity index (χ2n) is 4.53. The number of nitrogens with zero attached hydrogens (tertiary/aromatic N) is 1. The molecular formula is C13H16N2O2S. The summed E-state index contributed by atoms with van der Waals surface area (Å²) < 4.78 is 12.2.